The normalized spacial score (nSPS) is 15.5. The minimum atomic E-state index is -4.43. The van der Waals surface area contributed by atoms with Crippen LogP contribution >= 0.6 is 0 Å². The van der Waals surface area contributed by atoms with Crippen LogP contribution in [0.1, 0.15) is 52.0 Å². The highest BCUT2D eigenvalue weighted by Crippen LogP contribution is 2.32. The molecule has 0 saturated heterocycles. The fraction of sp³-hybridized carbons (Fsp3) is 0.406. The van der Waals surface area contributed by atoms with Crippen LogP contribution in [0.5, 0.6) is 0 Å². The molecule has 0 spiro atoms. The molecule has 1 aromatic carbocycles. The van der Waals surface area contributed by atoms with Gasteiger partial charge in [-0.15, -0.1) is 0 Å². The van der Waals surface area contributed by atoms with E-state index in [1.165, 1.54) is 12.1 Å². The number of anilines is 1. The number of allylic oxidation sites excluding steroid dienone is 6. The van der Waals surface area contributed by atoms with Crippen molar-refractivity contribution in [2.24, 2.45) is 5.92 Å². The van der Waals surface area contributed by atoms with Crippen LogP contribution in [-0.4, -0.2) is 47.5 Å². The summed E-state index contributed by atoms with van der Waals surface area (Å²) in [5.74, 6) is 0.637. The number of hydrogen-bond donors (Lipinski definition) is 1. The highest BCUT2D eigenvalue weighted by molar-refractivity contribution is 5.80. The third-order valence-electron chi connectivity index (χ3n) is 7.20. The van der Waals surface area contributed by atoms with Crippen molar-refractivity contribution in [2.75, 3.05) is 25.6 Å². The maximum absolute atomic E-state index is 13.5. The van der Waals surface area contributed by atoms with Crippen LogP contribution in [0, 0.1) is 5.92 Å². The minimum Gasteiger partial charge on any atom is -0.378 e. The third-order valence-corrected chi connectivity index (χ3v) is 7.20. The van der Waals surface area contributed by atoms with E-state index in [-0.39, 0.29) is 18.2 Å². The Balaban J connectivity index is 0.00000237. The molecule has 2 aromatic heterocycles. The maximum Gasteiger partial charge on any atom is 0.416 e. The Morgan fingerprint density at radius 1 is 1.17 bits per heavy atom. The molecule has 3 aromatic rings. The SMILES string of the molecule is CC.COC(C)(CCN(C)c1ccc(-c2nc3ccc(C(F)(F)F)cc3[nH]2)cn1)CC(C=O)CC1=CC=C(F)CC=C1. The molecular formula is C32H38F4N4O2. The summed E-state index contributed by atoms with van der Waals surface area (Å²) in [6, 6.07) is 7.03. The first-order chi connectivity index (χ1) is 20.0. The molecule has 1 N–H and O–H groups in total. The first kappa shape index (κ1) is 32.7. The number of H-pyrrole nitrogens is 1. The van der Waals surface area contributed by atoms with Gasteiger partial charge in [0.25, 0.3) is 0 Å². The van der Waals surface area contributed by atoms with Crippen molar-refractivity contribution in [3.05, 3.63) is 77.8 Å². The van der Waals surface area contributed by atoms with E-state index in [4.69, 9.17) is 4.74 Å². The second-order valence-electron chi connectivity index (χ2n) is 10.3. The Labute approximate surface area is 244 Å². The van der Waals surface area contributed by atoms with Crippen LogP contribution in [0.2, 0.25) is 0 Å². The summed E-state index contributed by atoms with van der Waals surface area (Å²) < 4.78 is 58.4. The van der Waals surface area contributed by atoms with Gasteiger partial charge in [-0.05, 0) is 68.2 Å². The number of nitrogens with zero attached hydrogens (tertiary/aromatic N) is 3. The molecule has 2 unspecified atom stereocenters. The summed E-state index contributed by atoms with van der Waals surface area (Å²) in [6.45, 7) is 6.57. The van der Waals surface area contributed by atoms with Crippen molar-refractivity contribution in [2.45, 2.75) is 58.2 Å². The average molecular weight is 587 g/mol. The largest absolute Gasteiger partial charge is 0.416 e. The zero-order valence-corrected chi connectivity index (χ0v) is 24.6. The molecule has 42 heavy (non-hydrogen) atoms. The van der Waals surface area contributed by atoms with E-state index in [9.17, 15) is 22.4 Å². The van der Waals surface area contributed by atoms with Gasteiger partial charge in [0.15, 0.2) is 0 Å². The number of rotatable bonds is 11. The number of benzene rings is 1. The Kier molecular flexibility index (Phi) is 11.2. The van der Waals surface area contributed by atoms with Gasteiger partial charge >= 0.3 is 6.18 Å². The molecule has 0 saturated carbocycles. The minimum absolute atomic E-state index is 0.211. The fourth-order valence-corrected chi connectivity index (χ4v) is 4.69. The predicted molar refractivity (Wildman–Crippen MR) is 159 cm³/mol. The molecule has 226 valence electrons. The molecule has 0 amide bonds. The molecule has 0 aliphatic heterocycles. The first-order valence-corrected chi connectivity index (χ1v) is 14.0. The number of aromatic amines is 1. The van der Waals surface area contributed by atoms with Gasteiger partial charge in [0.1, 0.15) is 23.8 Å². The van der Waals surface area contributed by atoms with Gasteiger partial charge < -0.3 is 19.4 Å². The monoisotopic (exact) mass is 586 g/mol. The molecule has 0 bridgehead atoms. The Morgan fingerprint density at radius 2 is 1.93 bits per heavy atom. The van der Waals surface area contributed by atoms with Crippen molar-refractivity contribution < 1.29 is 27.1 Å². The zero-order valence-electron chi connectivity index (χ0n) is 24.6. The fourth-order valence-electron chi connectivity index (χ4n) is 4.69. The number of nitrogens with one attached hydrogen (secondary N) is 1. The van der Waals surface area contributed by atoms with Gasteiger partial charge in [0.05, 0.1) is 22.2 Å². The molecule has 0 radical (unpaired) electrons. The van der Waals surface area contributed by atoms with E-state index in [1.54, 1.807) is 25.5 Å². The molecule has 2 atom stereocenters. The quantitative estimate of drug-likeness (QED) is 0.181. The molecule has 1 aliphatic carbocycles. The van der Waals surface area contributed by atoms with Crippen molar-refractivity contribution in [1.82, 2.24) is 15.0 Å². The number of aldehydes is 1. The van der Waals surface area contributed by atoms with E-state index in [0.717, 1.165) is 24.0 Å². The topological polar surface area (TPSA) is 71.1 Å². The van der Waals surface area contributed by atoms with Crippen molar-refractivity contribution in [3.63, 3.8) is 0 Å². The standard InChI is InChI=1S/C30H32F4N4O2.C2H6/c1-29(40-3,17-21(19-39)15-20-5-4-6-24(31)10-7-20)13-14-38(2)27-12-8-22(18-35-27)28-36-25-11-9-23(30(32,33)34)16-26(25)37-28;1-2/h4-5,7-12,16,18-19,21H,6,13-15,17H2,1-3H3,(H,36,37);1-2H3. The number of ether oxygens (including phenoxy) is 1. The number of methoxy groups -OCH3 is 1. The van der Waals surface area contributed by atoms with Gasteiger partial charge in [0.2, 0.25) is 0 Å². The zero-order chi connectivity index (χ0) is 30.9. The Hall–Kier alpha value is -3.79. The number of pyridine rings is 1. The number of carbonyl (C=O) groups is 1. The Bertz CT molecular complexity index is 1430. The molecule has 6 nitrogen and oxygen atoms in total. The molecular weight excluding hydrogens is 548 g/mol. The van der Waals surface area contributed by atoms with Crippen LogP contribution in [0.25, 0.3) is 22.4 Å². The van der Waals surface area contributed by atoms with Crippen LogP contribution in [-0.2, 0) is 15.7 Å². The molecule has 2 heterocycles. The number of imidazole rings is 1. The van der Waals surface area contributed by atoms with Gasteiger partial charge in [0, 0.05) is 44.8 Å². The number of halogens is 4. The lowest BCUT2D eigenvalue weighted by atomic mass is 9.86. The second kappa shape index (κ2) is 14.4. The van der Waals surface area contributed by atoms with Gasteiger partial charge in [-0.3, -0.25) is 0 Å². The summed E-state index contributed by atoms with van der Waals surface area (Å²) in [6.07, 6.45) is 6.79. The number of carbonyl (C=O) groups excluding carboxylic acids is 1. The summed E-state index contributed by atoms with van der Waals surface area (Å²) in [5.41, 5.74) is 0.974. The van der Waals surface area contributed by atoms with Crippen LogP contribution in [0.4, 0.5) is 23.4 Å². The lowest BCUT2D eigenvalue weighted by Gasteiger charge is -2.32. The highest BCUT2D eigenvalue weighted by Gasteiger charge is 2.31. The summed E-state index contributed by atoms with van der Waals surface area (Å²) in [4.78, 5) is 25.7. The lowest BCUT2D eigenvalue weighted by molar-refractivity contribution is -0.137. The average Bonchev–Trinajstić information content (AvgIpc) is 3.32. The Morgan fingerprint density at radius 3 is 2.57 bits per heavy atom. The lowest BCUT2D eigenvalue weighted by Crippen LogP contribution is -2.35. The van der Waals surface area contributed by atoms with E-state index in [1.807, 2.05) is 50.9 Å². The molecule has 4 rings (SSSR count). The van der Waals surface area contributed by atoms with Gasteiger partial charge in [-0.2, -0.15) is 13.2 Å². The first-order valence-electron chi connectivity index (χ1n) is 14.0. The molecule has 0 fully saturated rings. The summed E-state index contributed by atoms with van der Waals surface area (Å²) in [7, 11) is 3.53. The predicted octanol–water partition coefficient (Wildman–Crippen LogP) is 8.24. The van der Waals surface area contributed by atoms with Gasteiger partial charge in [-0.1, -0.05) is 32.1 Å². The molecule has 1 aliphatic rings. The second-order valence-corrected chi connectivity index (χ2v) is 10.3. The van der Waals surface area contributed by atoms with E-state index in [0.29, 0.717) is 54.0 Å². The van der Waals surface area contributed by atoms with E-state index < -0.39 is 17.3 Å². The molecule has 10 heteroatoms. The number of fused-ring (bicyclic) bond motifs is 1. The highest BCUT2D eigenvalue weighted by atomic mass is 19.4. The van der Waals surface area contributed by atoms with Crippen molar-refractivity contribution in [3.8, 4) is 11.4 Å². The number of aromatic nitrogens is 3. The van der Waals surface area contributed by atoms with E-state index in [2.05, 4.69) is 15.0 Å². The smallest absolute Gasteiger partial charge is 0.378 e. The van der Waals surface area contributed by atoms with Crippen molar-refractivity contribution in [1.29, 1.82) is 0 Å². The van der Waals surface area contributed by atoms with Crippen molar-refractivity contribution >= 4 is 23.1 Å². The summed E-state index contributed by atoms with van der Waals surface area (Å²) in [5, 5.41) is 0. The summed E-state index contributed by atoms with van der Waals surface area (Å²) >= 11 is 0. The van der Waals surface area contributed by atoms with E-state index >= 15 is 0 Å². The maximum atomic E-state index is 13.5. The third kappa shape index (κ3) is 8.61. The number of hydrogen-bond acceptors (Lipinski definition) is 5. The van der Waals surface area contributed by atoms with Crippen LogP contribution < -0.4 is 4.90 Å². The number of alkyl halides is 3. The van der Waals surface area contributed by atoms with Crippen LogP contribution in [0.15, 0.2) is 72.2 Å². The van der Waals surface area contributed by atoms with Crippen LogP contribution in [0.3, 0.4) is 0 Å². The van der Waals surface area contributed by atoms with Gasteiger partial charge in [-0.25, -0.2) is 14.4 Å².